The van der Waals surface area contributed by atoms with Crippen LogP contribution in [0.25, 0.3) is 0 Å². The molecule has 2 rings (SSSR count). The standard InChI is InChI=1S/C16H19NO2/c1-12-10-11-19-15(12)16(18)17-13(2)8-9-14-6-4-3-5-7-14/h3-7,10-11,13H,8-9H2,1-2H3,(H,17,18). The van der Waals surface area contributed by atoms with Crippen molar-refractivity contribution < 1.29 is 9.21 Å². The van der Waals surface area contributed by atoms with Gasteiger partial charge in [-0.1, -0.05) is 30.3 Å². The number of hydrogen-bond acceptors (Lipinski definition) is 2. The molecule has 0 spiro atoms. The minimum atomic E-state index is -0.136. The summed E-state index contributed by atoms with van der Waals surface area (Å²) in [5, 5.41) is 2.96. The molecule has 0 saturated carbocycles. The third-order valence-electron chi connectivity index (χ3n) is 3.15. The summed E-state index contributed by atoms with van der Waals surface area (Å²) < 4.78 is 5.18. The van der Waals surface area contributed by atoms with Crippen LogP contribution in [0.15, 0.2) is 47.1 Å². The average Bonchev–Trinajstić information content (AvgIpc) is 2.84. The Hall–Kier alpha value is -2.03. The maximum atomic E-state index is 11.9. The van der Waals surface area contributed by atoms with E-state index < -0.39 is 0 Å². The maximum absolute atomic E-state index is 11.9. The van der Waals surface area contributed by atoms with Gasteiger partial charge < -0.3 is 9.73 Å². The van der Waals surface area contributed by atoms with Crippen molar-refractivity contribution in [3.63, 3.8) is 0 Å². The Morgan fingerprint density at radius 3 is 2.63 bits per heavy atom. The predicted octanol–water partition coefficient (Wildman–Crippen LogP) is 3.34. The highest BCUT2D eigenvalue weighted by Crippen LogP contribution is 2.10. The number of carbonyl (C=O) groups is 1. The molecule has 100 valence electrons. The molecule has 0 bridgehead atoms. The van der Waals surface area contributed by atoms with Gasteiger partial charge in [-0.3, -0.25) is 4.79 Å². The lowest BCUT2D eigenvalue weighted by molar-refractivity contribution is 0.0909. The van der Waals surface area contributed by atoms with Crippen LogP contribution in [0.1, 0.15) is 35.0 Å². The minimum absolute atomic E-state index is 0.122. The molecular formula is C16H19NO2. The van der Waals surface area contributed by atoms with Gasteiger partial charge in [0.15, 0.2) is 5.76 Å². The van der Waals surface area contributed by atoms with Gasteiger partial charge in [0.25, 0.3) is 5.91 Å². The lowest BCUT2D eigenvalue weighted by Crippen LogP contribution is -2.33. The van der Waals surface area contributed by atoms with Gasteiger partial charge in [0.2, 0.25) is 0 Å². The Bertz CT molecular complexity index is 531. The third-order valence-corrected chi connectivity index (χ3v) is 3.15. The van der Waals surface area contributed by atoms with Crippen LogP contribution in [0.5, 0.6) is 0 Å². The SMILES string of the molecule is Cc1ccoc1C(=O)NC(C)CCc1ccccc1. The minimum Gasteiger partial charge on any atom is -0.459 e. The lowest BCUT2D eigenvalue weighted by atomic mass is 10.1. The predicted molar refractivity (Wildman–Crippen MR) is 75.1 cm³/mol. The van der Waals surface area contributed by atoms with Crippen molar-refractivity contribution in [1.82, 2.24) is 5.32 Å². The van der Waals surface area contributed by atoms with Crippen molar-refractivity contribution in [2.45, 2.75) is 32.7 Å². The van der Waals surface area contributed by atoms with E-state index in [9.17, 15) is 4.79 Å². The van der Waals surface area contributed by atoms with Crippen molar-refractivity contribution >= 4 is 5.91 Å². The van der Waals surface area contributed by atoms with Crippen molar-refractivity contribution in [2.24, 2.45) is 0 Å². The molecule has 0 aliphatic carbocycles. The van der Waals surface area contributed by atoms with Gasteiger partial charge in [0, 0.05) is 11.6 Å². The lowest BCUT2D eigenvalue weighted by Gasteiger charge is -2.13. The maximum Gasteiger partial charge on any atom is 0.287 e. The molecule has 0 radical (unpaired) electrons. The van der Waals surface area contributed by atoms with Crippen molar-refractivity contribution in [3.8, 4) is 0 Å². The summed E-state index contributed by atoms with van der Waals surface area (Å²) in [6.45, 7) is 3.88. The number of rotatable bonds is 5. The molecule has 2 aromatic rings. The fourth-order valence-corrected chi connectivity index (χ4v) is 1.99. The number of benzene rings is 1. The fourth-order valence-electron chi connectivity index (χ4n) is 1.99. The van der Waals surface area contributed by atoms with E-state index in [0.717, 1.165) is 18.4 Å². The van der Waals surface area contributed by atoms with Gasteiger partial charge >= 0.3 is 0 Å². The number of nitrogens with one attached hydrogen (secondary N) is 1. The molecule has 1 atom stereocenters. The second-order valence-electron chi connectivity index (χ2n) is 4.83. The summed E-state index contributed by atoms with van der Waals surface area (Å²) in [4.78, 5) is 11.9. The van der Waals surface area contributed by atoms with Crippen LogP contribution < -0.4 is 5.32 Å². The smallest absolute Gasteiger partial charge is 0.287 e. The normalized spacial score (nSPS) is 12.1. The molecule has 19 heavy (non-hydrogen) atoms. The van der Waals surface area contributed by atoms with Crippen molar-refractivity contribution in [1.29, 1.82) is 0 Å². The zero-order chi connectivity index (χ0) is 13.7. The molecule has 0 aliphatic heterocycles. The van der Waals surface area contributed by atoms with Crippen molar-refractivity contribution in [2.75, 3.05) is 0 Å². The van der Waals surface area contributed by atoms with Crippen LogP contribution in [0.3, 0.4) is 0 Å². The Balaban J connectivity index is 1.83. The van der Waals surface area contributed by atoms with Crippen LogP contribution in [0.2, 0.25) is 0 Å². The summed E-state index contributed by atoms with van der Waals surface area (Å²) in [6, 6.07) is 12.2. The first-order valence-electron chi connectivity index (χ1n) is 6.55. The van der Waals surface area contributed by atoms with Crippen LogP contribution in [0.4, 0.5) is 0 Å². The first-order valence-corrected chi connectivity index (χ1v) is 6.55. The van der Waals surface area contributed by atoms with E-state index >= 15 is 0 Å². The van der Waals surface area contributed by atoms with Crippen molar-refractivity contribution in [3.05, 3.63) is 59.5 Å². The summed E-state index contributed by atoms with van der Waals surface area (Å²) in [5.74, 6) is 0.273. The monoisotopic (exact) mass is 257 g/mol. The van der Waals surface area contributed by atoms with E-state index in [4.69, 9.17) is 4.42 Å². The van der Waals surface area contributed by atoms with Gasteiger partial charge in [-0.15, -0.1) is 0 Å². The molecule has 3 nitrogen and oxygen atoms in total. The number of aryl methyl sites for hydroxylation is 2. The second kappa shape index (κ2) is 6.23. The van der Waals surface area contributed by atoms with Gasteiger partial charge in [-0.05, 0) is 38.3 Å². The molecule has 1 aromatic heterocycles. The van der Waals surface area contributed by atoms with E-state index in [2.05, 4.69) is 17.4 Å². The molecule has 1 unspecified atom stereocenters. The first kappa shape index (κ1) is 13.4. The van der Waals surface area contributed by atoms with Gasteiger partial charge in [0.05, 0.1) is 6.26 Å². The molecule has 1 N–H and O–H groups in total. The summed E-state index contributed by atoms with van der Waals surface area (Å²) >= 11 is 0. The fraction of sp³-hybridized carbons (Fsp3) is 0.312. The Kier molecular flexibility index (Phi) is 4.39. The molecular weight excluding hydrogens is 238 g/mol. The summed E-state index contributed by atoms with van der Waals surface area (Å²) in [6.07, 6.45) is 3.41. The van der Waals surface area contributed by atoms with Crippen LogP contribution in [0, 0.1) is 6.92 Å². The number of amides is 1. The van der Waals surface area contributed by atoms with E-state index in [0.29, 0.717) is 5.76 Å². The zero-order valence-electron chi connectivity index (χ0n) is 11.3. The Morgan fingerprint density at radius 2 is 2.00 bits per heavy atom. The highest BCUT2D eigenvalue weighted by Gasteiger charge is 2.14. The van der Waals surface area contributed by atoms with Gasteiger partial charge in [-0.2, -0.15) is 0 Å². The van der Waals surface area contributed by atoms with Crippen LogP contribution in [-0.4, -0.2) is 11.9 Å². The van der Waals surface area contributed by atoms with Gasteiger partial charge in [-0.25, -0.2) is 0 Å². The van der Waals surface area contributed by atoms with E-state index in [1.807, 2.05) is 32.0 Å². The molecule has 0 aliphatic rings. The van der Waals surface area contributed by atoms with Crippen LogP contribution in [-0.2, 0) is 6.42 Å². The highest BCUT2D eigenvalue weighted by atomic mass is 16.3. The number of hydrogen-bond donors (Lipinski definition) is 1. The van der Waals surface area contributed by atoms with E-state index in [1.54, 1.807) is 12.3 Å². The van der Waals surface area contributed by atoms with Gasteiger partial charge in [0.1, 0.15) is 0 Å². The zero-order valence-corrected chi connectivity index (χ0v) is 11.3. The summed E-state index contributed by atoms with van der Waals surface area (Å²) in [5.41, 5.74) is 2.16. The largest absolute Gasteiger partial charge is 0.459 e. The second-order valence-corrected chi connectivity index (χ2v) is 4.83. The quantitative estimate of drug-likeness (QED) is 0.892. The molecule has 1 amide bonds. The van der Waals surface area contributed by atoms with Crippen LogP contribution >= 0.6 is 0 Å². The average molecular weight is 257 g/mol. The third kappa shape index (κ3) is 3.71. The van der Waals surface area contributed by atoms with E-state index in [1.165, 1.54) is 5.56 Å². The molecule has 0 fully saturated rings. The Labute approximate surface area is 113 Å². The number of furan rings is 1. The summed E-state index contributed by atoms with van der Waals surface area (Å²) in [7, 11) is 0. The molecule has 1 heterocycles. The molecule has 3 heteroatoms. The topological polar surface area (TPSA) is 42.2 Å². The molecule has 0 saturated heterocycles. The first-order chi connectivity index (χ1) is 9.16. The Morgan fingerprint density at radius 1 is 1.26 bits per heavy atom. The number of carbonyl (C=O) groups excluding carboxylic acids is 1. The van der Waals surface area contributed by atoms with E-state index in [-0.39, 0.29) is 11.9 Å². The molecule has 1 aromatic carbocycles. The highest BCUT2D eigenvalue weighted by molar-refractivity contribution is 5.92.